The Morgan fingerprint density at radius 1 is 1.17 bits per heavy atom. The molecule has 3 rings (SSSR count). The molecular formula is C15H27NO2. The molecule has 2 heterocycles. The Morgan fingerprint density at radius 3 is 2.72 bits per heavy atom. The van der Waals surface area contributed by atoms with E-state index in [1.54, 1.807) is 0 Å². The molecule has 0 amide bonds. The van der Waals surface area contributed by atoms with Gasteiger partial charge in [0.2, 0.25) is 0 Å². The van der Waals surface area contributed by atoms with Crippen LogP contribution in [-0.4, -0.2) is 38.0 Å². The summed E-state index contributed by atoms with van der Waals surface area (Å²) in [6.07, 6.45) is 9.03. The lowest BCUT2D eigenvalue weighted by molar-refractivity contribution is -0.0900. The number of nitrogens with one attached hydrogen (secondary N) is 1. The first kappa shape index (κ1) is 12.9. The first-order valence-electron chi connectivity index (χ1n) is 7.65. The fourth-order valence-electron chi connectivity index (χ4n) is 3.86. The molecule has 1 N–H and O–H groups in total. The predicted octanol–water partition coefficient (Wildman–Crippen LogP) is 2.49. The van der Waals surface area contributed by atoms with E-state index in [0.29, 0.717) is 11.5 Å². The molecule has 1 aliphatic carbocycles. The molecule has 104 valence electrons. The summed E-state index contributed by atoms with van der Waals surface area (Å²) in [5, 5.41) is 3.82. The smallest absolute Gasteiger partial charge is 0.0951 e. The third-order valence-electron chi connectivity index (χ3n) is 5.19. The lowest BCUT2D eigenvalue weighted by Gasteiger charge is -2.38. The number of ether oxygens (including phenoxy) is 2. The summed E-state index contributed by atoms with van der Waals surface area (Å²) in [4.78, 5) is 0. The second-order valence-corrected chi connectivity index (χ2v) is 6.92. The van der Waals surface area contributed by atoms with E-state index in [-0.39, 0.29) is 5.60 Å². The Hall–Kier alpha value is -0.120. The van der Waals surface area contributed by atoms with Gasteiger partial charge in [-0.25, -0.2) is 0 Å². The molecule has 0 aromatic heterocycles. The van der Waals surface area contributed by atoms with Crippen molar-refractivity contribution in [1.82, 2.24) is 5.32 Å². The third-order valence-corrected chi connectivity index (χ3v) is 5.19. The highest BCUT2D eigenvalue weighted by Gasteiger charge is 2.41. The average molecular weight is 253 g/mol. The van der Waals surface area contributed by atoms with Gasteiger partial charge in [-0.1, -0.05) is 19.8 Å². The van der Waals surface area contributed by atoms with Crippen LogP contribution in [0.1, 0.15) is 51.9 Å². The van der Waals surface area contributed by atoms with E-state index >= 15 is 0 Å². The predicted molar refractivity (Wildman–Crippen MR) is 71.7 cm³/mol. The molecule has 0 aromatic carbocycles. The Labute approximate surface area is 111 Å². The normalized spacial score (nSPS) is 39.5. The number of hydrogen-bond donors (Lipinski definition) is 1. The highest BCUT2D eigenvalue weighted by Crippen LogP contribution is 2.38. The highest BCUT2D eigenvalue weighted by atomic mass is 16.6. The Balaban J connectivity index is 1.50. The van der Waals surface area contributed by atoms with Gasteiger partial charge < -0.3 is 14.8 Å². The van der Waals surface area contributed by atoms with Gasteiger partial charge in [0.1, 0.15) is 0 Å². The van der Waals surface area contributed by atoms with E-state index in [9.17, 15) is 0 Å². The van der Waals surface area contributed by atoms with Gasteiger partial charge in [-0.05, 0) is 31.1 Å². The van der Waals surface area contributed by atoms with Crippen LogP contribution in [0.4, 0.5) is 0 Å². The van der Waals surface area contributed by atoms with Gasteiger partial charge in [-0.15, -0.1) is 0 Å². The summed E-state index contributed by atoms with van der Waals surface area (Å²) < 4.78 is 11.5. The molecule has 1 saturated carbocycles. The Bertz CT molecular complexity index is 280. The summed E-state index contributed by atoms with van der Waals surface area (Å²) in [6.45, 7) is 6.22. The molecule has 3 fully saturated rings. The zero-order valence-electron chi connectivity index (χ0n) is 11.7. The molecule has 2 unspecified atom stereocenters. The molecule has 3 heteroatoms. The zero-order chi connectivity index (χ0) is 12.5. The van der Waals surface area contributed by atoms with Gasteiger partial charge >= 0.3 is 0 Å². The first-order chi connectivity index (χ1) is 8.70. The lowest BCUT2D eigenvalue weighted by Crippen LogP contribution is -2.49. The van der Waals surface area contributed by atoms with Crippen molar-refractivity contribution in [2.24, 2.45) is 5.41 Å². The van der Waals surface area contributed by atoms with Gasteiger partial charge in [0, 0.05) is 32.2 Å². The third kappa shape index (κ3) is 2.73. The van der Waals surface area contributed by atoms with Crippen LogP contribution < -0.4 is 5.32 Å². The minimum atomic E-state index is 0.0481. The van der Waals surface area contributed by atoms with E-state index in [2.05, 4.69) is 12.2 Å². The Kier molecular flexibility index (Phi) is 3.65. The maximum atomic E-state index is 5.99. The van der Waals surface area contributed by atoms with Crippen molar-refractivity contribution < 1.29 is 9.47 Å². The van der Waals surface area contributed by atoms with Gasteiger partial charge in [-0.3, -0.25) is 0 Å². The first-order valence-corrected chi connectivity index (χ1v) is 7.65. The van der Waals surface area contributed by atoms with Crippen molar-refractivity contribution in [2.75, 3.05) is 26.4 Å². The summed E-state index contributed by atoms with van der Waals surface area (Å²) in [5.41, 5.74) is 0.601. The van der Waals surface area contributed by atoms with Gasteiger partial charge in [-0.2, -0.15) is 0 Å². The monoisotopic (exact) mass is 253 g/mol. The largest absolute Gasteiger partial charge is 0.378 e. The molecule has 3 aliphatic rings. The van der Waals surface area contributed by atoms with Crippen LogP contribution in [0.3, 0.4) is 0 Å². The van der Waals surface area contributed by atoms with Crippen LogP contribution in [0.15, 0.2) is 0 Å². The van der Waals surface area contributed by atoms with Gasteiger partial charge in [0.15, 0.2) is 0 Å². The average Bonchev–Trinajstić information content (AvgIpc) is 2.98. The maximum Gasteiger partial charge on any atom is 0.0951 e. The molecule has 0 aromatic rings. The van der Waals surface area contributed by atoms with Gasteiger partial charge in [0.25, 0.3) is 0 Å². The Morgan fingerprint density at radius 2 is 2.00 bits per heavy atom. The second-order valence-electron chi connectivity index (χ2n) is 6.92. The van der Waals surface area contributed by atoms with E-state index in [4.69, 9.17) is 9.47 Å². The van der Waals surface area contributed by atoms with Crippen molar-refractivity contribution in [3.8, 4) is 0 Å². The van der Waals surface area contributed by atoms with Gasteiger partial charge in [0.05, 0.1) is 12.2 Å². The van der Waals surface area contributed by atoms with E-state index in [1.165, 1.54) is 32.2 Å². The van der Waals surface area contributed by atoms with Crippen LogP contribution in [0, 0.1) is 5.41 Å². The van der Waals surface area contributed by atoms with Crippen molar-refractivity contribution in [2.45, 2.75) is 63.5 Å². The summed E-state index contributed by atoms with van der Waals surface area (Å²) in [5.74, 6) is 0. The molecule has 18 heavy (non-hydrogen) atoms. The van der Waals surface area contributed by atoms with Crippen LogP contribution in [-0.2, 0) is 9.47 Å². The molecular weight excluding hydrogens is 226 g/mol. The van der Waals surface area contributed by atoms with Crippen LogP contribution in [0.25, 0.3) is 0 Å². The van der Waals surface area contributed by atoms with Crippen molar-refractivity contribution in [1.29, 1.82) is 0 Å². The molecule has 2 atom stereocenters. The second kappa shape index (κ2) is 5.10. The van der Waals surface area contributed by atoms with E-state index < -0.39 is 0 Å². The lowest BCUT2D eigenvalue weighted by atomic mass is 9.86. The number of rotatable bonds is 3. The summed E-state index contributed by atoms with van der Waals surface area (Å²) >= 11 is 0. The molecule has 1 spiro atoms. The zero-order valence-corrected chi connectivity index (χ0v) is 11.7. The van der Waals surface area contributed by atoms with E-state index in [1.807, 2.05) is 0 Å². The van der Waals surface area contributed by atoms with Crippen LogP contribution in [0.5, 0.6) is 0 Å². The minimum absolute atomic E-state index is 0.0481. The minimum Gasteiger partial charge on any atom is -0.378 e. The van der Waals surface area contributed by atoms with Crippen LogP contribution >= 0.6 is 0 Å². The van der Waals surface area contributed by atoms with Crippen molar-refractivity contribution >= 4 is 0 Å². The van der Waals surface area contributed by atoms with Crippen LogP contribution in [0.2, 0.25) is 0 Å². The molecule has 3 nitrogen and oxygen atoms in total. The quantitative estimate of drug-likeness (QED) is 0.838. The van der Waals surface area contributed by atoms with Crippen molar-refractivity contribution in [3.63, 3.8) is 0 Å². The summed E-state index contributed by atoms with van der Waals surface area (Å²) in [6, 6.07) is 0.637. The van der Waals surface area contributed by atoms with E-state index in [0.717, 1.165) is 39.1 Å². The molecule has 2 aliphatic heterocycles. The summed E-state index contributed by atoms with van der Waals surface area (Å²) in [7, 11) is 0. The maximum absolute atomic E-state index is 5.99. The molecule has 0 radical (unpaired) electrons. The fourth-order valence-corrected chi connectivity index (χ4v) is 3.86. The SMILES string of the molecule is CC1(CNC2CCOC3(CCOC3)C2)CCCC1. The van der Waals surface area contributed by atoms with Crippen molar-refractivity contribution in [3.05, 3.63) is 0 Å². The fraction of sp³-hybridized carbons (Fsp3) is 1.00. The number of hydrogen-bond acceptors (Lipinski definition) is 3. The molecule has 2 saturated heterocycles. The standard InChI is InChI=1S/C15H27NO2/c1-14(5-2-3-6-14)11-16-13-4-8-18-15(10-13)7-9-17-12-15/h13,16H,2-12H2,1H3. The molecule has 0 bridgehead atoms. The highest BCUT2D eigenvalue weighted by molar-refractivity contribution is 4.94. The topological polar surface area (TPSA) is 30.5 Å².